The molecule has 6 rings (SSSR count). The Kier molecular flexibility index (Phi) is 12.3. The number of benzene rings is 1. The van der Waals surface area contributed by atoms with Gasteiger partial charge in [0.1, 0.15) is 22.9 Å². The fourth-order valence-corrected chi connectivity index (χ4v) is 10.4. The van der Waals surface area contributed by atoms with Gasteiger partial charge in [-0.05, 0) is 87.6 Å². The van der Waals surface area contributed by atoms with Gasteiger partial charge in [0.15, 0.2) is 0 Å². The van der Waals surface area contributed by atoms with Crippen molar-refractivity contribution >= 4 is 56.9 Å². The van der Waals surface area contributed by atoms with Crippen LogP contribution in [-0.2, 0) is 34.8 Å². The standard InChI is InChI=1S/C37H50N8O8S2/c1-36(2,51)30-21-39-43-45(30)26-20-29(34(49)41-37(31(46)32(38)47)15-17-54-18-16-37)44(22-26)35(50)28(19-23-7-4-3-5-8-23)40-33(48)24-11-13-27(14-12-24)55(52,53)42-25-9-6-10-25/h11-14,21,23,25-26,29,42,51H,3-10,15-20,22H2,1-2H3,(H2,38,47)(H,41,49)/b40-28+/t26-,29-/m0/s1. The number of nitrogens with zero attached hydrogens (tertiary/aromatic N) is 5. The lowest BCUT2D eigenvalue weighted by Crippen LogP contribution is -2.63. The van der Waals surface area contributed by atoms with Crippen LogP contribution in [0.4, 0.5) is 0 Å². The summed E-state index contributed by atoms with van der Waals surface area (Å²) >= 11 is 1.58. The van der Waals surface area contributed by atoms with E-state index in [9.17, 15) is 37.5 Å². The second-order valence-electron chi connectivity index (χ2n) is 15.7. The first-order chi connectivity index (χ1) is 26.1. The molecule has 0 radical (unpaired) electrons. The Morgan fingerprint density at radius 1 is 1.02 bits per heavy atom. The fraction of sp³-hybridized carbons (Fsp3) is 0.622. The molecule has 2 aliphatic carbocycles. The van der Waals surface area contributed by atoms with E-state index in [2.05, 4.69) is 25.3 Å². The van der Waals surface area contributed by atoms with E-state index < -0.39 is 62.7 Å². The minimum atomic E-state index is -3.78. The predicted molar refractivity (Wildman–Crippen MR) is 203 cm³/mol. The van der Waals surface area contributed by atoms with Crippen molar-refractivity contribution in [3.63, 3.8) is 0 Å². The van der Waals surface area contributed by atoms with E-state index in [4.69, 9.17) is 5.73 Å². The van der Waals surface area contributed by atoms with Crippen molar-refractivity contribution in [2.45, 2.75) is 125 Å². The number of nitrogens with one attached hydrogen (secondary N) is 2. The molecule has 0 spiro atoms. The van der Waals surface area contributed by atoms with Gasteiger partial charge in [-0.15, -0.1) is 5.10 Å². The highest BCUT2D eigenvalue weighted by atomic mass is 32.2. The number of likely N-dealkylation sites (tertiary alicyclic amines) is 1. The van der Waals surface area contributed by atoms with Crippen molar-refractivity contribution < 1.29 is 37.5 Å². The van der Waals surface area contributed by atoms with E-state index in [0.29, 0.717) is 17.2 Å². The Balaban J connectivity index is 1.33. The monoisotopic (exact) mass is 798 g/mol. The van der Waals surface area contributed by atoms with Crippen LogP contribution >= 0.6 is 11.8 Å². The van der Waals surface area contributed by atoms with Crippen molar-refractivity contribution in [2.75, 3.05) is 18.1 Å². The molecule has 2 aromatic rings. The molecule has 1 aromatic carbocycles. The van der Waals surface area contributed by atoms with E-state index in [1.54, 1.807) is 25.6 Å². The van der Waals surface area contributed by atoms with E-state index in [-0.39, 0.29) is 60.4 Å². The smallest absolute Gasteiger partial charge is 0.287 e. The fourth-order valence-electron chi connectivity index (χ4n) is 7.89. The van der Waals surface area contributed by atoms with Gasteiger partial charge in [-0.1, -0.05) is 43.7 Å². The van der Waals surface area contributed by atoms with Crippen molar-refractivity contribution in [2.24, 2.45) is 16.6 Å². The number of ketones is 1. The molecule has 2 saturated heterocycles. The number of rotatable bonds is 13. The van der Waals surface area contributed by atoms with Crippen LogP contribution in [0.15, 0.2) is 40.4 Å². The number of hydrogen-bond donors (Lipinski definition) is 4. The summed E-state index contributed by atoms with van der Waals surface area (Å²) in [5.74, 6) is -3.05. The van der Waals surface area contributed by atoms with Gasteiger partial charge < -0.3 is 21.1 Å². The van der Waals surface area contributed by atoms with Crippen molar-refractivity contribution in [1.29, 1.82) is 0 Å². The van der Waals surface area contributed by atoms with Crippen LogP contribution < -0.4 is 15.8 Å². The maximum absolute atomic E-state index is 14.8. The van der Waals surface area contributed by atoms with E-state index in [1.807, 2.05) is 0 Å². The van der Waals surface area contributed by atoms with Gasteiger partial charge in [-0.25, -0.2) is 22.8 Å². The molecule has 2 saturated carbocycles. The minimum absolute atomic E-state index is 0.0121. The van der Waals surface area contributed by atoms with Gasteiger partial charge in [0.2, 0.25) is 21.7 Å². The highest BCUT2D eigenvalue weighted by Crippen LogP contribution is 2.35. The first-order valence-electron chi connectivity index (χ1n) is 19.0. The first kappa shape index (κ1) is 40.7. The molecule has 2 aliphatic heterocycles. The van der Waals surface area contributed by atoms with Gasteiger partial charge in [-0.2, -0.15) is 11.8 Å². The van der Waals surface area contributed by atoms with Crippen LogP contribution in [0.3, 0.4) is 0 Å². The number of carbonyl (C=O) groups excluding carboxylic acids is 5. The summed E-state index contributed by atoms with van der Waals surface area (Å²) < 4.78 is 29.9. The Bertz CT molecular complexity index is 1930. The zero-order valence-corrected chi connectivity index (χ0v) is 32.9. The maximum atomic E-state index is 14.8. The lowest BCUT2D eigenvalue weighted by molar-refractivity contribution is -0.143. The molecule has 16 nitrogen and oxygen atoms in total. The van der Waals surface area contributed by atoms with Gasteiger partial charge in [0.25, 0.3) is 17.7 Å². The number of carbonyl (C=O) groups is 5. The zero-order valence-electron chi connectivity index (χ0n) is 31.2. The van der Waals surface area contributed by atoms with Gasteiger partial charge in [0, 0.05) is 24.6 Å². The second-order valence-corrected chi connectivity index (χ2v) is 18.6. The number of aliphatic imine (C=N–C) groups is 1. The first-order valence-corrected chi connectivity index (χ1v) is 21.6. The summed E-state index contributed by atoms with van der Waals surface area (Å²) in [6, 6.07) is 3.49. The average Bonchev–Trinajstić information content (AvgIpc) is 3.82. The molecule has 0 unspecified atom stereocenters. The highest BCUT2D eigenvalue weighted by molar-refractivity contribution is 7.99. The number of thioether (sulfide) groups is 1. The summed E-state index contributed by atoms with van der Waals surface area (Å²) in [6.07, 6.45) is 9.12. The molecule has 4 fully saturated rings. The molecule has 1 aromatic heterocycles. The minimum Gasteiger partial charge on any atom is -0.384 e. The number of aromatic nitrogens is 3. The number of amides is 4. The lowest BCUT2D eigenvalue weighted by Gasteiger charge is -2.37. The number of Topliss-reactive ketones (excluding diaryl/α,β-unsaturated/α-hetero) is 1. The van der Waals surface area contributed by atoms with E-state index >= 15 is 0 Å². The normalized spacial score (nSPS) is 22.5. The second kappa shape index (κ2) is 16.6. The maximum Gasteiger partial charge on any atom is 0.287 e. The van der Waals surface area contributed by atoms with Crippen molar-refractivity contribution in [1.82, 2.24) is 29.9 Å². The molecule has 298 valence electrons. The van der Waals surface area contributed by atoms with E-state index in [0.717, 1.165) is 51.4 Å². The third-order valence-corrected chi connectivity index (χ3v) is 13.8. The SMILES string of the molecule is CC(C)(O)c1cnnn1[C@H]1C[C@@H](C(=O)NC2(C(=O)C(N)=O)CCSCC2)N(C(=O)/C(CC2CCCCC2)=N/C(=O)c2ccc(S(=O)(=O)NC3CCC3)cc2)C1. The summed E-state index contributed by atoms with van der Waals surface area (Å²) in [6.45, 7) is 3.07. The molecule has 4 amide bonds. The number of sulfonamides is 1. The number of aliphatic hydroxyl groups is 1. The van der Waals surface area contributed by atoms with E-state index in [1.165, 1.54) is 40.0 Å². The van der Waals surface area contributed by atoms with Crippen LogP contribution in [0, 0.1) is 5.92 Å². The van der Waals surface area contributed by atoms with Crippen LogP contribution in [0.25, 0.3) is 0 Å². The van der Waals surface area contributed by atoms with Crippen LogP contribution in [-0.4, -0.2) is 104 Å². The quantitative estimate of drug-likeness (QED) is 0.169. The Morgan fingerprint density at radius 3 is 2.29 bits per heavy atom. The number of hydrogen-bond acceptors (Lipinski definition) is 11. The number of primary amides is 1. The molecular formula is C37H50N8O8S2. The Labute approximate surface area is 324 Å². The summed E-state index contributed by atoms with van der Waals surface area (Å²) in [5, 5.41) is 21.9. The molecule has 18 heteroatoms. The van der Waals surface area contributed by atoms with Crippen LogP contribution in [0.2, 0.25) is 0 Å². The third kappa shape index (κ3) is 9.18. The zero-order chi connectivity index (χ0) is 39.5. The van der Waals surface area contributed by atoms with Gasteiger partial charge in [-0.3, -0.25) is 24.0 Å². The molecule has 0 bridgehead atoms. The Morgan fingerprint density at radius 2 is 1.69 bits per heavy atom. The van der Waals surface area contributed by atoms with Crippen LogP contribution in [0.1, 0.15) is 113 Å². The lowest BCUT2D eigenvalue weighted by atomic mass is 9.85. The molecule has 55 heavy (non-hydrogen) atoms. The molecule has 3 heterocycles. The topological polar surface area (TPSA) is 236 Å². The van der Waals surface area contributed by atoms with Gasteiger partial charge >= 0.3 is 0 Å². The van der Waals surface area contributed by atoms with Gasteiger partial charge in [0.05, 0.1) is 22.8 Å². The van der Waals surface area contributed by atoms with Crippen LogP contribution in [0.5, 0.6) is 0 Å². The van der Waals surface area contributed by atoms with Crippen molar-refractivity contribution in [3.8, 4) is 0 Å². The largest absolute Gasteiger partial charge is 0.384 e. The molecule has 4 aliphatic rings. The summed E-state index contributed by atoms with van der Waals surface area (Å²) in [4.78, 5) is 73.9. The summed E-state index contributed by atoms with van der Waals surface area (Å²) in [7, 11) is -3.78. The molecule has 5 N–H and O–H groups in total. The predicted octanol–water partition coefficient (Wildman–Crippen LogP) is 2.17. The third-order valence-electron chi connectivity index (χ3n) is 11.3. The van der Waals surface area contributed by atoms with Crippen molar-refractivity contribution in [3.05, 3.63) is 41.7 Å². The highest BCUT2D eigenvalue weighted by Gasteiger charge is 2.49. The Hall–Kier alpha value is -4.00. The molecule has 2 atom stereocenters. The summed E-state index contributed by atoms with van der Waals surface area (Å²) in [5.41, 5.74) is 2.95. The number of nitrogens with two attached hydrogens (primary N) is 1. The molecular weight excluding hydrogens is 749 g/mol. The average molecular weight is 799 g/mol.